The summed E-state index contributed by atoms with van der Waals surface area (Å²) in [6.07, 6.45) is 4.40. The van der Waals surface area contributed by atoms with E-state index in [-0.39, 0.29) is 18.7 Å². The van der Waals surface area contributed by atoms with Gasteiger partial charge in [0.1, 0.15) is 5.75 Å². The van der Waals surface area contributed by atoms with Gasteiger partial charge >= 0.3 is 10.4 Å². The summed E-state index contributed by atoms with van der Waals surface area (Å²) >= 11 is 0. The maximum absolute atomic E-state index is 11.2. The number of benzene rings is 3. The number of aliphatic hydroxyl groups excluding tert-OH is 1. The largest absolute Gasteiger partial charge is 0.465 e. The van der Waals surface area contributed by atoms with Crippen molar-refractivity contribution in [3.8, 4) is 5.75 Å². The lowest BCUT2D eigenvalue weighted by Crippen LogP contribution is -2.34. The number of nitrogens with one attached hydrogen (secondary N) is 2. The van der Waals surface area contributed by atoms with Gasteiger partial charge in [0.2, 0.25) is 0 Å². The highest BCUT2D eigenvalue weighted by Crippen LogP contribution is 2.36. The van der Waals surface area contributed by atoms with Crippen molar-refractivity contribution in [3.05, 3.63) is 78.8 Å². The molecule has 2 aliphatic rings. The van der Waals surface area contributed by atoms with Crippen molar-refractivity contribution in [1.29, 1.82) is 0 Å². The minimum Gasteiger partial charge on any atom is -0.465 e. The summed E-state index contributed by atoms with van der Waals surface area (Å²) in [6, 6.07) is 20.1. The number of ether oxygens (including phenoxy) is 1. The van der Waals surface area contributed by atoms with Crippen molar-refractivity contribution in [2.75, 3.05) is 29.6 Å². The minimum absolute atomic E-state index is 0.139. The number of rotatable bonds is 7. The molecule has 11 nitrogen and oxygen atoms in total. The molecule has 5 N–H and O–H groups in total. The zero-order valence-corrected chi connectivity index (χ0v) is 22.5. The average molecular weight is 569 g/mol. The zero-order valence-electron chi connectivity index (χ0n) is 21.7. The summed E-state index contributed by atoms with van der Waals surface area (Å²) in [4.78, 5) is 4.90. The molecule has 3 heterocycles. The molecule has 3 aromatic carbocycles. The van der Waals surface area contributed by atoms with Crippen LogP contribution in [0.5, 0.6) is 5.75 Å². The predicted molar refractivity (Wildman–Crippen MR) is 153 cm³/mol. The van der Waals surface area contributed by atoms with Crippen molar-refractivity contribution in [2.45, 2.75) is 32.0 Å². The SMILES string of the molecule is C1CCNCC1.O=S(=O)(O)OC1=CN(CCC(O)Oc2ccc3c(c2)[nH]c2ccccc23)c2ccccc2N1O. The first-order valence-corrected chi connectivity index (χ1v) is 14.4. The molecule has 0 saturated carbocycles. The molecule has 0 radical (unpaired) electrons. The van der Waals surface area contributed by atoms with E-state index in [1.807, 2.05) is 36.4 Å². The van der Waals surface area contributed by atoms with E-state index in [0.29, 0.717) is 16.5 Å². The highest BCUT2D eigenvalue weighted by atomic mass is 32.3. The van der Waals surface area contributed by atoms with Crippen molar-refractivity contribution in [1.82, 2.24) is 10.3 Å². The van der Waals surface area contributed by atoms with Crippen LogP contribution >= 0.6 is 0 Å². The van der Waals surface area contributed by atoms with Gasteiger partial charge in [0.05, 0.1) is 23.1 Å². The van der Waals surface area contributed by atoms with Gasteiger partial charge in [0.15, 0.2) is 6.29 Å². The molecular formula is C28H32N4O7S. The Labute approximate surface area is 232 Å². The number of piperidine rings is 1. The van der Waals surface area contributed by atoms with Gasteiger partial charge < -0.3 is 29.2 Å². The number of hydrogen-bond acceptors (Lipinski definition) is 9. The maximum Gasteiger partial charge on any atom is 0.448 e. The summed E-state index contributed by atoms with van der Waals surface area (Å²) in [5, 5.41) is 26.7. The van der Waals surface area contributed by atoms with Crippen LogP contribution in [0.3, 0.4) is 0 Å². The first kappa shape index (κ1) is 27.7. The number of nitrogens with zero attached hydrogens (tertiary/aromatic N) is 2. The van der Waals surface area contributed by atoms with Crippen molar-refractivity contribution in [3.63, 3.8) is 0 Å². The number of anilines is 2. The molecule has 1 aromatic heterocycles. The predicted octanol–water partition coefficient (Wildman–Crippen LogP) is 4.50. The number of aromatic amines is 1. The van der Waals surface area contributed by atoms with Crippen molar-refractivity contribution in [2.24, 2.45) is 0 Å². The Morgan fingerprint density at radius 1 is 0.900 bits per heavy atom. The van der Waals surface area contributed by atoms with Gasteiger partial charge in [-0.3, -0.25) is 9.76 Å². The molecule has 1 fully saturated rings. The summed E-state index contributed by atoms with van der Waals surface area (Å²) < 4.78 is 41.5. The normalized spacial score (nSPS) is 16.1. The van der Waals surface area contributed by atoms with E-state index in [9.17, 15) is 18.7 Å². The molecule has 0 bridgehead atoms. The quantitative estimate of drug-likeness (QED) is 0.159. The lowest BCUT2D eigenvalue weighted by Gasteiger charge is -2.33. The van der Waals surface area contributed by atoms with Crippen LogP contribution in [0.1, 0.15) is 25.7 Å². The van der Waals surface area contributed by atoms with Crippen LogP contribution < -0.4 is 20.0 Å². The molecule has 0 aliphatic carbocycles. The average Bonchev–Trinajstić information content (AvgIpc) is 3.32. The van der Waals surface area contributed by atoms with Crippen LogP contribution in [-0.2, 0) is 14.6 Å². The molecule has 4 aromatic rings. The van der Waals surface area contributed by atoms with Crippen LogP contribution in [-0.4, -0.2) is 54.2 Å². The Hall–Kier alpha value is -3.81. The zero-order chi connectivity index (χ0) is 28.1. The van der Waals surface area contributed by atoms with E-state index in [1.165, 1.54) is 38.6 Å². The lowest BCUT2D eigenvalue weighted by atomic mass is 10.1. The third-order valence-electron chi connectivity index (χ3n) is 6.66. The van der Waals surface area contributed by atoms with E-state index in [1.54, 1.807) is 35.2 Å². The molecule has 6 rings (SSSR count). The van der Waals surface area contributed by atoms with Crippen LogP contribution in [0.25, 0.3) is 21.8 Å². The summed E-state index contributed by atoms with van der Waals surface area (Å²) in [5.41, 5.74) is 2.67. The highest BCUT2D eigenvalue weighted by Gasteiger charge is 2.28. The topological polar surface area (TPSA) is 148 Å². The molecular weight excluding hydrogens is 536 g/mol. The number of aliphatic hydroxyl groups is 1. The van der Waals surface area contributed by atoms with Gasteiger partial charge in [0.25, 0.3) is 5.88 Å². The number of hydroxylamine groups is 1. The van der Waals surface area contributed by atoms with Gasteiger partial charge in [-0.1, -0.05) is 36.8 Å². The number of H-pyrrole nitrogens is 1. The van der Waals surface area contributed by atoms with Gasteiger partial charge in [0, 0.05) is 35.3 Å². The number of aromatic nitrogens is 1. The molecule has 1 saturated heterocycles. The summed E-state index contributed by atoms with van der Waals surface area (Å²) in [6.45, 7) is 2.69. The Balaban J connectivity index is 0.000000477. The van der Waals surface area contributed by atoms with Gasteiger partial charge in [-0.15, -0.1) is 0 Å². The fraction of sp³-hybridized carbons (Fsp3) is 0.286. The number of hydrogen-bond donors (Lipinski definition) is 5. The molecule has 0 spiro atoms. The van der Waals surface area contributed by atoms with E-state index < -0.39 is 22.6 Å². The Morgan fingerprint density at radius 3 is 2.30 bits per heavy atom. The molecule has 40 heavy (non-hydrogen) atoms. The van der Waals surface area contributed by atoms with Crippen LogP contribution in [0.2, 0.25) is 0 Å². The third kappa shape index (κ3) is 6.66. The second kappa shape index (κ2) is 12.1. The van der Waals surface area contributed by atoms with Crippen LogP contribution in [0, 0.1) is 0 Å². The monoisotopic (exact) mass is 568 g/mol. The van der Waals surface area contributed by atoms with E-state index in [2.05, 4.69) is 14.5 Å². The smallest absolute Gasteiger partial charge is 0.448 e. The Kier molecular flexibility index (Phi) is 8.43. The molecule has 1 unspecified atom stereocenters. The number of fused-ring (bicyclic) bond motifs is 4. The Bertz CT molecular complexity index is 1590. The second-order valence-electron chi connectivity index (χ2n) is 9.52. The summed E-state index contributed by atoms with van der Waals surface area (Å²) in [5.74, 6) is -0.0288. The molecule has 0 amide bonds. The van der Waals surface area contributed by atoms with Gasteiger partial charge in [-0.25, -0.2) is 0 Å². The van der Waals surface area contributed by atoms with Crippen LogP contribution in [0.4, 0.5) is 11.4 Å². The fourth-order valence-electron chi connectivity index (χ4n) is 4.79. The Morgan fingerprint density at radius 2 is 1.60 bits per heavy atom. The maximum atomic E-state index is 11.2. The molecule has 212 valence electrons. The molecule has 12 heteroatoms. The first-order valence-electron chi connectivity index (χ1n) is 13.1. The summed E-state index contributed by atoms with van der Waals surface area (Å²) in [7, 11) is -4.86. The fourth-order valence-corrected chi connectivity index (χ4v) is 5.12. The second-order valence-corrected chi connectivity index (χ2v) is 10.5. The van der Waals surface area contributed by atoms with Crippen molar-refractivity contribution < 1.29 is 32.2 Å². The van der Waals surface area contributed by atoms with Crippen LogP contribution in [0.15, 0.2) is 78.8 Å². The van der Waals surface area contributed by atoms with E-state index >= 15 is 0 Å². The van der Waals surface area contributed by atoms with Crippen molar-refractivity contribution >= 4 is 43.6 Å². The lowest BCUT2D eigenvalue weighted by molar-refractivity contribution is -0.0208. The van der Waals surface area contributed by atoms with Gasteiger partial charge in [-0.05, 0) is 56.3 Å². The van der Waals surface area contributed by atoms with Gasteiger partial charge in [-0.2, -0.15) is 13.5 Å². The highest BCUT2D eigenvalue weighted by molar-refractivity contribution is 7.81. The number of para-hydroxylation sites is 3. The minimum atomic E-state index is -4.86. The molecule has 2 aliphatic heterocycles. The third-order valence-corrected chi connectivity index (χ3v) is 7.04. The van der Waals surface area contributed by atoms with E-state index in [4.69, 9.17) is 9.29 Å². The van der Waals surface area contributed by atoms with E-state index in [0.717, 1.165) is 21.8 Å². The standard InChI is InChI=1S/C23H21N3O7S.C5H11N/c27-23(32-15-9-10-17-16-5-1-2-6-18(16)24-19(17)13-15)11-12-25-14-22(33-34(29,30)31)26(28)21-8-4-3-7-20(21)25;1-2-4-6-5-3-1/h1-10,13-14,23-24,27-28H,11-12H2,(H,29,30,31);6H,1-5H2. The molecule has 1 atom stereocenters. The first-order chi connectivity index (χ1) is 19.3.